The molecular weight excluding hydrogens is 830 g/mol. The van der Waals surface area contributed by atoms with Crippen molar-refractivity contribution in [2.24, 2.45) is 5.73 Å². The third-order valence-electron chi connectivity index (χ3n) is 11.7. The van der Waals surface area contributed by atoms with E-state index in [1.54, 1.807) is 0 Å². The number of hydrogen-bond acceptors (Lipinski definition) is 7. The van der Waals surface area contributed by atoms with Crippen LogP contribution in [0.3, 0.4) is 0 Å². The quantitative estimate of drug-likeness (QED) is 0.0268. The van der Waals surface area contributed by atoms with Crippen LogP contribution in [-0.2, 0) is 27.9 Å². The third-order valence-corrected chi connectivity index (χ3v) is 12.7. The highest BCUT2D eigenvalue weighted by Gasteiger charge is 2.25. The van der Waals surface area contributed by atoms with E-state index >= 15 is 0 Å². The number of phosphoric ester groups is 1. The minimum Gasteiger partial charge on any atom is -0.457 e. The number of carbonyl (C=O) groups is 1. The van der Waals surface area contributed by atoms with E-state index in [1.165, 1.54) is 161 Å². The van der Waals surface area contributed by atoms with Gasteiger partial charge in [0.2, 0.25) is 0 Å². The number of esters is 1. The van der Waals surface area contributed by atoms with Gasteiger partial charge in [-0.2, -0.15) is 0 Å². The van der Waals surface area contributed by atoms with Crippen LogP contribution in [0.1, 0.15) is 251 Å². The van der Waals surface area contributed by atoms with Crippen molar-refractivity contribution in [3.63, 3.8) is 0 Å². The van der Waals surface area contributed by atoms with Crippen LogP contribution >= 0.6 is 7.82 Å². The van der Waals surface area contributed by atoms with E-state index < -0.39 is 13.9 Å². The lowest BCUT2D eigenvalue weighted by molar-refractivity contribution is -0.154. The molecule has 0 heterocycles. The summed E-state index contributed by atoms with van der Waals surface area (Å²) in [5.74, 6) is -0.334. The van der Waals surface area contributed by atoms with E-state index in [4.69, 9.17) is 24.3 Å². The highest BCUT2D eigenvalue weighted by Crippen LogP contribution is 2.43. The molecule has 0 aromatic rings. The van der Waals surface area contributed by atoms with Crippen molar-refractivity contribution in [3.05, 3.63) is 60.8 Å². The number of ether oxygens (including phenoxy) is 2. The fourth-order valence-corrected chi connectivity index (χ4v) is 8.50. The van der Waals surface area contributed by atoms with Crippen molar-refractivity contribution in [1.29, 1.82) is 0 Å². The van der Waals surface area contributed by atoms with Gasteiger partial charge in [0, 0.05) is 19.6 Å². The van der Waals surface area contributed by atoms with Crippen LogP contribution in [0.4, 0.5) is 0 Å². The van der Waals surface area contributed by atoms with E-state index in [2.05, 4.69) is 74.6 Å². The first-order chi connectivity index (χ1) is 31.9. The Kier molecular flexibility index (Phi) is 51.7. The van der Waals surface area contributed by atoms with Crippen molar-refractivity contribution in [3.8, 4) is 0 Å². The third kappa shape index (κ3) is 53.0. The molecule has 380 valence electrons. The molecule has 0 spiro atoms. The Balaban J connectivity index is 3.92. The Labute approximate surface area is 402 Å². The second-order valence-electron chi connectivity index (χ2n) is 18.1. The average molecular weight is 934 g/mol. The summed E-state index contributed by atoms with van der Waals surface area (Å²) in [5.41, 5.74) is 5.40. The van der Waals surface area contributed by atoms with E-state index in [0.717, 1.165) is 70.6 Å². The van der Waals surface area contributed by atoms with Crippen LogP contribution in [0.5, 0.6) is 0 Å². The fourth-order valence-electron chi connectivity index (χ4n) is 7.73. The molecule has 0 aromatic carbocycles. The number of unbranched alkanes of at least 4 members (excludes halogenated alkanes) is 29. The zero-order chi connectivity index (χ0) is 47.3. The standard InChI is InChI=1S/C56H104NO7P/c1-3-5-7-9-11-13-15-17-19-21-23-25-26-27-28-29-31-33-35-37-39-41-43-45-47-49-56(58)64-55(54-63-65(59,60)62-52-50-57)53-61-51-48-46-44-42-40-38-36-34-32-30-24-22-20-18-16-14-12-10-8-6-4-2/h5,7,11,13,17,19,23,25,27-28,55H,3-4,6,8-10,12,14-16,18,20-22,24,26,29-54,57H2,1-2H3,(H,59,60)/b7-5-,13-11-,19-17-,25-23-,28-27-. The maximum Gasteiger partial charge on any atom is 0.472 e. The maximum absolute atomic E-state index is 12.7. The second kappa shape index (κ2) is 53.2. The summed E-state index contributed by atoms with van der Waals surface area (Å²) < 4.78 is 33.7. The number of allylic oxidation sites excluding steroid dienone is 10. The van der Waals surface area contributed by atoms with Gasteiger partial charge in [-0.05, 0) is 57.8 Å². The van der Waals surface area contributed by atoms with Gasteiger partial charge in [0.05, 0.1) is 19.8 Å². The van der Waals surface area contributed by atoms with Gasteiger partial charge in [-0.3, -0.25) is 13.8 Å². The molecule has 0 fully saturated rings. The van der Waals surface area contributed by atoms with Crippen molar-refractivity contribution < 1.29 is 32.8 Å². The van der Waals surface area contributed by atoms with Crippen LogP contribution in [0, 0.1) is 0 Å². The molecule has 0 aliphatic rings. The molecule has 0 saturated carbocycles. The Hall–Kier alpha value is -1.80. The first kappa shape index (κ1) is 63.2. The zero-order valence-corrected chi connectivity index (χ0v) is 43.4. The predicted octanol–water partition coefficient (Wildman–Crippen LogP) is 17.3. The Morgan fingerprint density at radius 1 is 0.477 bits per heavy atom. The highest BCUT2D eigenvalue weighted by molar-refractivity contribution is 7.47. The Bertz CT molecular complexity index is 1190. The molecular formula is C56H104NO7P. The minimum absolute atomic E-state index is 0.0972. The van der Waals surface area contributed by atoms with E-state index in [9.17, 15) is 14.3 Å². The number of nitrogens with two attached hydrogens (primary N) is 1. The van der Waals surface area contributed by atoms with Gasteiger partial charge in [0.25, 0.3) is 0 Å². The van der Waals surface area contributed by atoms with Gasteiger partial charge < -0.3 is 20.1 Å². The van der Waals surface area contributed by atoms with Crippen molar-refractivity contribution >= 4 is 13.8 Å². The predicted molar refractivity (Wildman–Crippen MR) is 279 cm³/mol. The summed E-state index contributed by atoms with van der Waals surface area (Å²) in [6, 6.07) is 0. The highest BCUT2D eigenvalue weighted by atomic mass is 31.2. The van der Waals surface area contributed by atoms with Gasteiger partial charge in [0.1, 0.15) is 6.10 Å². The van der Waals surface area contributed by atoms with Gasteiger partial charge in [-0.15, -0.1) is 0 Å². The number of carbonyl (C=O) groups excluding carboxylic acids is 1. The summed E-state index contributed by atoms with van der Waals surface area (Å²) in [5, 5.41) is 0. The normalized spacial score (nSPS) is 13.7. The van der Waals surface area contributed by atoms with Gasteiger partial charge in [-0.25, -0.2) is 4.57 Å². The lowest BCUT2D eigenvalue weighted by atomic mass is 10.0. The molecule has 2 atom stereocenters. The van der Waals surface area contributed by atoms with E-state index in [1.807, 2.05) is 0 Å². The van der Waals surface area contributed by atoms with Crippen LogP contribution in [0.2, 0.25) is 0 Å². The molecule has 65 heavy (non-hydrogen) atoms. The van der Waals surface area contributed by atoms with Crippen LogP contribution in [0.15, 0.2) is 60.8 Å². The Morgan fingerprint density at radius 2 is 0.862 bits per heavy atom. The van der Waals surface area contributed by atoms with E-state index in [-0.39, 0.29) is 32.3 Å². The molecule has 0 rings (SSSR count). The lowest BCUT2D eigenvalue weighted by Crippen LogP contribution is -2.28. The summed E-state index contributed by atoms with van der Waals surface area (Å²) in [6.07, 6.45) is 66.9. The monoisotopic (exact) mass is 934 g/mol. The summed E-state index contributed by atoms with van der Waals surface area (Å²) in [6.45, 7) is 4.85. The molecule has 0 radical (unpaired) electrons. The molecule has 0 bridgehead atoms. The number of rotatable bonds is 52. The number of phosphoric acid groups is 1. The Morgan fingerprint density at radius 3 is 1.29 bits per heavy atom. The molecule has 0 amide bonds. The lowest BCUT2D eigenvalue weighted by Gasteiger charge is -2.20. The molecule has 3 N–H and O–H groups in total. The topological polar surface area (TPSA) is 117 Å². The molecule has 9 heteroatoms. The zero-order valence-electron chi connectivity index (χ0n) is 42.5. The van der Waals surface area contributed by atoms with Gasteiger partial charge in [0.15, 0.2) is 0 Å². The van der Waals surface area contributed by atoms with Crippen LogP contribution in [0.25, 0.3) is 0 Å². The fraction of sp³-hybridized carbons (Fsp3) is 0.804. The van der Waals surface area contributed by atoms with E-state index in [0.29, 0.717) is 13.0 Å². The average Bonchev–Trinajstić information content (AvgIpc) is 3.30. The van der Waals surface area contributed by atoms with Crippen LogP contribution < -0.4 is 5.73 Å². The minimum atomic E-state index is -4.29. The second-order valence-corrected chi connectivity index (χ2v) is 19.5. The maximum atomic E-state index is 12.7. The van der Waals surface area contributed by atoms with Gasteiger partial charge >= 0.3 is 13.8 Å². The SMILES string of the molecule is CC/C=C\C/C=C\C/C=C\C/C=C\C/C=C\CCCCCCCCCCCC(=O)OC(COCCCCCCCCCCCCCCCCCCCCCCC)COP(=O)(O)OCCN. The molecule has 0 aliphatic heterocycles. The van der Waals surface area contributed by atoms with Gasteiger partial charge in [-0.1, -0.05) is 248 Å². The van der Waals surface area contributed by atoms with Crippen molar-refractivity contribution in [2.45, 2.75) is 258 Å². The first-order valence-corrected chi connectivity index (χ1v) is 28.8. The van der Waals surface area contributed by atoms with Crippen molar-refractivity contribution in [2.75, 3.05) is 33.0 Å². The first-order valence-electron chi connectivity index (χ1n) is 27.3. The molecule has 0 saturated heterocycles. The molecule has 0 aliphatic carbocycles. The molecule has 0 aromatic heterocycles. The largest absolute Gasteiger partial charge is 0.472 e. The summed E-state index contributed by atoms with van der Waals surface area (Å²) in [7, 11) is -4.29. The van der Waals surface area contributed by atoms with Crippen LogP contribution in [-0.4, -0.2) is 49.9 Å². The number of hydrogen-bond donors (Lipinski definition) is 2. The summed E-state index contributed by atoms with van der Waals surface area (Å²) in [4.78, 5) is 22.6. The molecule has 8 nitrogen and oxygen atoms in total. The summed E-state index contributed by atoms with van der Waals surface area (Å²) >= 11 is 0. The smallest absolute Gasteiger partial charge is 0.457 e. The van der Waals surface area contributed by atoms with Crippen molar-refractivity contribution in [1.82, 2.24) is 0 Å². The molecule has 2 unspecified atom stereocenters.